The van der Waals surface area contributed by atoms with Gasteiger partial charge in [0.25, 0.3) is 0 Å². The van der Waals surface area contributed by atoms with Crippen molar-refractivity contribution >= 4 is 23.4 Å². The van der Waals surface area contributed by atoms with E-state index < -0.39 is 11.8 Å². The SMILES string of the molecule is CCCCNC(=O)C(=O)NCCCl. The van der Waals surface area contributed by atoms with Crippen molar-refractivity contribution in [2.75, 3.05) is 19.0 Å². The lowest BCUT2D eigenvalue weighted by atomic mass is 10.3. The first kappa shape index (κ1) is 12.2. The number of carbonyl (C=O) groups excluding carboxylic acids is 2. The molecule has 5 heteroatoms. The highest BCUT2D eigenvalue weighted by Crippen LogP contribution is 1.82. The molecule has 0 bridgehead atoms. The standard InChI is InChI=1S/C8H15ClN2O2/c1-2-3-5-10-7(12)8(13)11-6-4-9/h2-6H2,1H3,(H,10,12)(H,11,13). The van der Waals surface area contributed by atoms with Crippen LogP contribution in [0.3, 0.4) is 0 Å². The molecule has 0 aromatic carbocycles. The van der Waals surface area contributed by atoms with E-state index in [9.17, 15) is 9.59 Å². The quantitative estimate of drug-likeness (QED) is 0.385. The highest BCUT2D eigenvalue weighted by Gasteiger charge is 2.10. The van der Waals surface area contributed by atoms with Gasteiger partial charge in [-0.2, -0.15) is 0 Å². The molecule has 0 unspecified atom stereocenters. The van der Waals surface area contributed by atoms with Crippen molar-refractivity contribution in [3.63, 3.8) is 0 Å². The van der Waals surface area contributed by atoms with E-state index in [1.165, 1.54) is 0 Å². The van der Waals surface area contributed by atoms with Crippen LogP contribution in [0.2, 0.25) is 0 Å². The smallest absolute Gasteiger partial charge is 0.309 e. The number of amides is 2. The van der Waals surface area contributed by atoms with Crippen LogP contribution in [0.15, 0.2) is 0 Å². The summed E-state index contributed by atoms with van der Waals surface area (Å²) in [5.74, 6) is -0.885. The van der Waals surface area contributed by atoms with Gasteiger partial charge in [0.05, 0.1) is 0 Å². The minimum atomic E-state index is -0.614. The summed E-state index contributed by atoms with van der Waals surface area (Å²) in [6.45, 7) is 2.88. The molecular weight excluding hydrogens is 192 g/mol. The van der Waals surface area contributed by atoms with Crippen molar-refractivity contribution in [1.82, 2.24) is 10.6 Å². The summed E-state index contributed by atoms with van der Waals surface area (Å²) in [7, 11) is 0. The average molecular weight is 207 g/mol. The highest BCUT2D eigenvalue weighted by atomic mass is 35.5. The molecule has 0 aliphatic rings. The molecule has 2 N–H and O–H groups in total. The Morgan fingerprint density at radius 3 is 2.15 bits per heavy atom. The maximum Gasteiger partial charge on any atom is 0.309 e. The number of hydrogen-bond donors (Lipinski definition) is 2. The molecule has 0 aromatic rings. The predicted molar refractivity (Wildman–Crippen MR) is 51.6 cm³/mol. The van der Waals surface area contributed by atoms with Crippen molar-refractivity contribution in [2.24, 2.45) is 0 Å². The number of halogens is 1. The van der Waals surface area contributed by atoms with Crippen LogP contribution in [0.5, 0.6) is 0 Å². The molecule has 4 nitrogen and oxygen atoms in total. The number of rotatable bonds is 5. The van der Waals surface area contributed by atoms with Crippen molar-refractivity contribution in [3.8, 4) is 0 Å². The Labute approximate surface area is 83.0 Å². The van der Waals surface area contributed by atoms with E-state index in [1.807, 2.05) is 6.92 Å². The molecule has 0 heterocycles. The van der Waals surface area contributed by atoms with Gasteiger partial charge in [-0.05, 0) is 6.42 Å². The second-order valence-electron chi connectivity index (χ2n) is 2.55. The topological polar surface area (TPSA) is 58.2 Å². The number of hydrogen-bond acceptors (Lipinski definition) is 2. The molecule has 0 atom stereocenters. The van der Waals surface area contributed by atoms with Crippen LogP contribution in [0.25, 0.3) is 0 Å². The van der Waals surface area contributed by atoms with Crippen LogP contribution in [0, 0.1) is 0 Å². The van der Waals surface area contributed by atoms with Crippen molar-refractivity contribution < 1.29 is 9.59 Å². The predicted octanol–water partition coefficient (Wildman–Crippen LogP) is 0.258. The van der Waals surface area contributed by atoms with Gasteiger partial charge in [0.1, 0.15) is 0 Å². The van der Waals surface area contributed by atoms with Gasteiger partial charge in [-0.3, -0.25) is 9.59 Å². The summed E-state index contributed by atoms with van der Waals surface area (Å²) in [6, 6.07) is 0. The molecule has 0 saturated heterocycles. The number of unbranched alkanes of at least 4 members (excludes halogenated alkanes) is 1. The van der Waals surface area contributed by atoms with Gasteiger partial charge < -0.3 is 10.6 Å². The molecule has 0 saturated carbocycles. The van der Waals surface area contributed by atoms with Crippen molar-refractivity contribution in [3.05, 3.63) is 0 Å². The Kier molecular flexibility index (Phi) is 7.39. The first-order valence-corrected chi connectivity index (χ1v) is 4.87. The third kappa shape index (κ3) is 6.40. The molecule has 0 aliphatic carbocycles. The summed E-state index contributed by atoms with van der Waals surface area (Å²) in [5.41, 5.74) is 0. The lowest BCUT2D eigenvalue weighted by Gasteiger charge is -2.03. The van der Waals surface area contributed by atoms with Gasteiger partial charge >= 0.3 is 11.8 Å². The first-order chi connectivity index (χ1) is 6.22. The van der Waals surface area contributed by atoms with E-state index in [0.717, 1.165) is 12.8 Å². The fourth-order valence-corrected chi connectivity index (χ4v) is 0.795. The lowest BCUT2D eigenvalue weighted by Crippen LogP contribution is -2.40. The summed E-state index contributed by atoms with van der Waals surface area (Å²) in [4.78, 5) is 21.9. The molecule has 0 aromatic heterocycles. The van der Waals surface area contributed by atoms with Crippen LogP contribution >= 0.6 is 11.6 Å². The van der Waals surface area contributed by atoms with Crippen LogP contribution in [0.1, 0.15) is 19.8 Å². The zero-order valence-electron chi connectivity index (χ0n) is 7.73. The summed E-state index contributed by atoms with van der Waals surface area (Å²) < 4.78 is 0. The number of carbonyl (C=O) groups is 2. The number of nitrogens with one attached hydrogen (secondary N) is 2. The molecule has 0 aliphatic heterocycles. The summed E-state index contributed by atoms with van der Waals surface area (Å²) in [5, 5.41) is 4.87. The second kappa shape index (κ2) is 7.86. The molecule has 13 heavy (non-hydrogen) atoms. The maximum absolute atomic E-state index is 11.0. The van der Waals surface area contributed by atoms with E-state index in [4.69, 9.17) is 11.6 Å². The fraction of sp³-hybridized carbons (Fsp3) is 0.750. The van der Waals surface area contributed by atoms with E-state index in [2.05, 4.69) is 10.6 Å². The van der Waals surface area contributed by atoms with Gasteiger partial charge in [-0.15, -0.1) is 11.6 Å². The zero-order chi connectivity index (χ0) is 10.1. The molecular formula is C8H15ClN2O2. The Bertz CT molecular complexity index is 174. The summed E-state index contributed by atoms with van der Waals surface area (Å²) >= 11 is 5.33. The van der Waals surface area contributed by atoms with Gasteiger partial charge in [0.2, 0.25) is 0 Å². The van der Waals surface area contributed by atoms with E-state index in [1.54, 1.807) is 0 Å². The zero-order valence-corrected chi connectivity index (χ0v) is 8.49. The van der Waals surface area contributed by atoms with Gasteiger partial charge in [-0.1, -0.05) is 13.3 Å². The van der Waals surface area contributed by atoms with Gasteiger partial charge in [0, 0.05) is 19.0 Å². The molecule has 0 fully saturated rings. The Hall–Kier alpha value is -0.770. The third-order valence-corrected chi connectivity index (χ3v) is 1.59. The Balaban J connectivity index is 3.51. The monoisotopic (exact) mass is 206 g/mol. The van der Waals surface area contributed by atoms with Crippen LogP contribution < -0.4 is 10.6 Å². The lowest BCUT2D eigenvalue weighted by molar-refractivity contribution is -0.139. The largest absolute Gasteiger partial charge is 0.348 e. The fourth-order valence-electron chi connectivity index (χ4n) is 0.700. The van der Waals surface area contributed by atoms with Crippen molar-refractivity contribution in [1.29, 1.82) is 0 Å². The molecule has 0 rings (SSSR count). The minimum Gasteiger partial charge on any atom is -0.348 e. The van der Waals surface area contributed by atoms with Crippen LogP contribution in [-0.4, -0.2) is 30.8 Å². The van der Waals surface area contributed by atoms with Crippen LogP contribution in [0.4, 0.5) is 0 Å². The highest BCUT2D eigenvalue weighted by molar-refractivity contribution is 6.35. The van der Waals surface area contributed by atoms with E-state index in [-0.39, 0.29) is 0 Å². The first-order valence-electron chi connectivity index (χ1n) is 4.34. The molecule has 2 amide bonds. The molecule has 0 radical (unpaired) electrons. The van der Waals surface area contributed by atoms with Crippen LogP contribution in [-0.2, 0) is 9.59 Å². The second-order valence-corrected chi connectivity index (χ2v) is 2.93. The number of alkyl halides is 1. The third-order valence-electron chi connectivity index (χ3n) is 1.40. The van der Waals surface area contributed by atoms with Gasteiger partial charge in [-0.25, -0.2) is 0 Å². The summed E-state index contributed by atoms with van der Waals surface area (Å²) in [6.07, 6.45) is 1.87. The normalized spacial score (nSPS) is 9.38. The van der Waals surface area contributed by atoms with E-state index >= 15 is 0 Å². The Morgan fingerprint density at radius 1 is 1.15 bits per heavy atom. The molecule has 0 spiro atoms. The average Bonchev–Trinajstić information content (AvgIpc) is 2.14. The van der Waals surface area contributed by atoms with E-state index in [0.29, 0.717) is 19.0 Å². The maximum atomic E-state index is 11.0. The minimum absolute atomic E-state index is 0.313. The van der Waals surface area contributed by atoms with Gasteiger partial charge in [0.15, 0.2) is 0 Å². The Morgan fingerprint density at radius 2 is 1.69 bits per heavy atom. The molecule has 76 valence electrons. The van der Waals surface area contributed by atoms with Crippen molar-refractivity contribution in [2.45, 2.75) is 19.8 Å².